The Morgan fingerprint density at radius 1 is 1.11 bits per heavy atom. The van der Waals surface area contributed by atoms with Crippen LogP contribution in [0.25, 0.3) is 0 Å². The average molecular weight is 635 g/mol. The van der Waals surface area contributed by atoms with Gasteiger partial charge < -0.3 is 25.6 Å². The molecule has 1 aromatic heterocycles. The van der Waals surface area contributed by atoms with E-state index in [0.717, 1.165) is 11.6 Å². The highest BCUT2D eigenvalue weighted by atomic mass is 32.1. The van der Waals surface area contributed by atoms with Crippen molar-refractivity contribution >= 4 is 28.8 Å². The lowest BCUT2D eigenvalue weighted by Gasteiger charge is -2.38. The molecule has 0 amide bonds. The summed E-state index contributed by atoms with van der Waals surface area (Å²) in [4.78, 5) is 19.6. The molecule has 0 fully saturated rings. The van der Waals surface area contributed by atoms with Crippen LogP contribution in [-0.2, 0) is 30.5 Å². The smallest absolute Gasteiger partial charge is 0.416 e. The fourth-order valence-electron chi connectivity index (χ4n) is 5.14. The summed E-state index contributed by atoms with van der Waals surface area (Å²) in [7, 11) is 0. The first-order valence-electron chi connectivity index (χ1n) is 14.2. The van der Waals surface area contributed by atoms with Crippen LogP contribution in [0.3, 0.4) is 0 Å². The minimum Gasteiger partial charge on any atom is -0.508 e. The number of phenols is 1. The normalized spacial score (nSPS) is 12.8. The average Bonchev–Trinajstić information content (AvgIpc) is 3.42. The fraction of sp³-hybridized carbons (Fsp3) is 0.273. The lowest BCUT2D eigenvalue weighted by atomic mass is 9.86. The third-order valence-electron chi connectivity index (χ3n) is 7.45. The Hall–Kier alpha value is -4.73. The summed E-state index contributed by atoms with van der Waals surface area (Å²) in [6.45, 7) is 3.77. The number of thiocarbonyl (C=S) groups is 1. The molecule has 8 nitrogen and oxygen atoms in total. The number of hydrogen-bond donors (Lipinski definition) is 3. The van der Waals surface area contributed by atoms with Crippen LogP contribution in [0.1, 0.15) is 41.8 Å². The lowest BCUT2D eigenvalue weighted by molar-refractivity contribution is -0.138. The number of hydrogen-bond acceptors (Lipinski definition) is 6. The number of halogens is 3. The van der Waals surface area contributed by atoms with Gasteiger partial charge in [0.25, 0.3) is 0 Å². The summed E-state index contributed by atoms with van der Waals surface area (Å²) in [5.74, 6) is -1.30. The summed E-state index contributed by atoms with van der Waals surface area (Å²) >= 11 is 5.67. The molecule has 0 spiro atoms. The van der Waals surface area contributed by atoms with E-state index in [9.17, 15) is 23.1 Å². The summed E-state index contributed by atoms with van der Waals surface area (Å²) in [6.07, 6.45) is -2.51. The molecular weight excluding hydrogens is 601 g/mol. The van der Waals surface area contributed by atoms with Crippen LogP contribution in [0, 0.1) is 23.2 Å². The molecule has 234 valence electrons. The van der Waals surface area contributed by atoms with E-state index >= 15 is 0 Å². The number of nitrogens with two attached hydrogens (primary N) is 1. The van der Waals surface area contributed by atoms with Crippen molar-refractivity contribution in [3.63, 3.8) is 0 Å². The van der Waals surface area contributed by atoms with Crippen molar-refractivity contribution in [3.8, 4) is 11.8 Å². The van der Waals surface area contributed by atoms with E-state index in [0.29, 0.717) is 23.5 Å². The number of nitrogens with one attached hydrogen (secondary N) is 1. The van der Waals surface area contributed by atoms with Crippen molar-refractivity contribution in [2.75, 3.05) is 5.32 Å². The topological polar surface area (TPSA) is 120 Å². The molecule has 0 bridgehead atoms. The molecule has 0 aliphatic carbocycles. The third-order valence-corrected chi connectivity index (χ3v) is 7.79. The number of nitriles is 1. The Labute approximate surface area is 264 Å². The van der Waals surface area contributed by atoms with Gasteiger partial charge in [0.1, 0.15) is 11.5 Å². The van der Waals surface area contributed by atoms with E-state index in [1.165, 1.54) is 35.2 Å². The molecule has 0 aliphatic heterocycles. The lowest BCUT2D eigenvalue weighted by Crippen LogP contribution is -2.55. The van der Waals surface area contributed by atoms with E-state index in [1.54, 1.807) is 36.8 Å². The zero-order valence-electron chi connectivity index (χ0n) is 24.7. The van der Waals surface area contributed by atoms with Crippen LogP contribution in [0.2, 0.25) is 0 Å². The minimum absolute atomic E-state index is 0.0159. The summed E-state index contributed by atoms with van der Waals surface area (Å²) in [5.41, 5.74) is 8.47. The second kappa shape index (κ2) is 14.4. The Morgan fingerprint density at radius 2 is 1.78 bits per heavy atom. The van der Waals surface area contributed by atoms with Crippen molar-refractivity contribution in [3.05, 3.63) is 113 Å². The number of carbonyl (C=O) groups is 1. The molecule has 0 aliphatic rings. The van der Waals surface area contributed by atoms with Crippen molar-refractivity contribution < 1.29 is 23.1 Å². The molecule has 4 N–H and O–H groups in total. The van der Waals surface area contributed by atoms with Gasteiger partial charge in [-0.3, -0.25) is 4.79 Å². The summed E-state index contributed by atoms with van der Waals surface area (Å²) < 4.78 is 43.7. The largest absolute Gasteiger partial charge is 0.508 e. The highest BCUT2D eigenvalue weighted by molar-refractivity contribution is 7.80. The molecule has 0 saturated heterocycles. The number of benzene rings is 3. The Bertz CT molecular complexity index is 1660. The number of anilines is 1. The first-order valence-corrected chi connectivity index (χ1v) is 14.6. The number of alkyl halides is 3. The quantitative estimate of drug-likeness (QED) is 0.103. The maximum absolute atomic E-state index is 13.9. The van der Waals surface area contributed by atoms with Gasteiger partial charge in [-0.25, -0.2) is 4.98 Å². The number of aromatic hydroxyl groups is 1. The van der Waals surface area contributed by atoms with E-state index in [-0.39, 0.29) is 41.1 Å². The summed E-state index contributed by atoms with van der Waals surface area (Å²) in [6, 6.07) is 20.4. The van der Waals surface area contributed by atoms with Gasteiger partial charge in [-0.2, -0.15) is 18.4 Å². The zero-order chi connectivity index (χ0) is 32.7. The Kier molecular flexibility index (Phi) is 10.6. The van der Waals surface area contributed by atoms with Gasteiger partial charge in [0, 0.05) is 37.1 Å². The van der Waals surface area contributed by atoms with Crippen molar-refractivity contribution in [1.29, 1.82) is 5.26 Å². The van der Waals surface area contributed by atoms with Gasteiger partial charge in [0.15, 0.2) is 5.11 Å². The number of aromatic nitrogens is 2. The minimum atomic E-state index is -4.61. The van der Waals surface area contributed by atoms with Crippen molar-refractivity contribution in [1.82, 2.24) is 14.5 Å². The Morgan fingerprint density at radius 3 is 2.40 bits per heavy atom. The van der Waals surface area contributed by atoms with Crippen LogP contribution in [0.4, 0.5) is 18.9 Å². The number of carbonyl (C=O) groups excluding carboxylic acids is 1. The maximum Gasteiger partial charge on any atom is 0.416 e. The first-order chi connectivity index (χ1) is 21.4. The molecular formula is C33H33F3N6O2S. The van der Waals surface area contributed by atoms with Crippen LogP contribution in [0.15, 0.2) is 85.3 Å². The van der Waals surface area contributed by atoms with E-state index in [2.05, 4.69) is 16.4 Å². The monoisotopic (exact) mass is 634 g/mol. The highest BCUT2D eigenvalue weighted by Gasteiger charge is 2.37. The van der Waals surface area contributed by atoms with Gasteiger partial charge in [0.2, 0.25) is 0 Å². The fourth-order valence-corrected chi connectivity index (χ4v) is 5.44. The van der Waals surface area contributed by atoms with Crippen molar-refractivity contribution in [2.24, 2.45) is 17.6 Å². The first kappa shape index (κ1) is 33.2. The number of phenolic OH excluding ortho intramolecular Hbond substituents is 1. The molecule has 4 aromatic rings. The van der Waals surface area contributed by atoms with E-state index < -0.39 is 23.8 Å². The number of imidazole rings is 1. The predicted octanol–water partition coefficient (Wildman–Crippen LogP) is 6.10. The molecule has 3 aromatic carbocycles. The standard InChI is InChI=1S/C33H33F3N6O2S/c1-21(2)30(29(44)15-26-17-39-20-41(26)18-23-9-7-22(16-37)8-10-23)31(38)42(32(45)40-25-11-13-27(43)14-12-25)19-24-5-3-4-6-28(24)33(34,35)36/h3-14,17,20-21,30-31,43H,15,18-19,38H2,1-2H3,(H,40,45)/t30-,31?/m1/s1. The van der Waals surface area contributed by atoms with E-state index in [4.69, 9.17) is 23.2 Å². The molecule has 1 heterocycles. The number of ketones is 1. The van der Waals surface area contributed by atoms with Crippen LogP contribution in [-0.4, -0.2) is 36.6 Å². The SMILES string of the molecule is CC(C)[C@H](C(=O)Cc1cncn1Cc1ccc(C#N)cc1)C(N)N(Cc1ccccc1C(F)(F)F)C(=S)Nc1ccc(O)cc1. The van der Waals surface area contributed by atoms with Gasteiger partial charge >= 0.3 is 6.18 Å². The predicted molar refractivity (Wildman–Crippen MR) is 169 cm³/mol. The number of nitrogens with zero attached hydrogens (tertiary/aromatic N) is 4. The molecule has 1 unspecified atom stereocenters. The molecule has 45 heavy (non-hydrogen) atoms. The summed E-state index contributed by atoms with van der Waals surface area (Å²) in [5, 5.41) is 21.7. The molecule has 4 rings (SSSR count). The second-order valence-corrected chi connectivity index (χ2v) is 11.4. The highest BCUT2D eigenvalue weighted by Crippen LogP contribution is 2.33. The van der Waals surface area contributed by atoms with E-state index in [1.807, 2.05) is 30.5 Å². The van der Waals surface area contributed by atoms with Crippen LogP contribution < -0.4 is 11.1 Å². The van der Waals surface area contributed by atoms with Gasteiger partial charge in [-0.05, 0) is 71.7 Å². The molecule has 12 heteroatoms. The third kappa shape index (κ3) is 8.47. The van der Waals surface area contributed by atoms with Crippen LogP contribution in [0.5, 0.6) is 5.75 Å². The van der Waals surface area contributed by atoms with Gasteiger partial charge in [0.05, 0.1) is 35.6 Å². The number of rotatable bonds is 11. The zero-order valence-corrected chi connectivity index (χ0v) is 25.5. The van der Waals surface area contributed by atoms with Gasteiger partial charge in [-0.15, -0.1) is 0 Å². The molecule has 0 saturated carbocycles. The molecule has 0 radical (unpaired) electrons. The van der Waals surface area contributed by atoms with Crippen molar-refractivity contribution in [2.45, 2.75) is 45.7 Å². The Balaban J connectivity index is 1.62. The van der Waals surface area contributed by atoms with Gasteiger partial charge in [-0.1, -0.05) is 44.2 Å². The maximum atomic E-state index is 13.9. The van der Waals surface area contributed by atoms with Crippen LogP contribution >= 0.6 is 12.2 Å². The molecule has 2 atom stereocenters. The second-order valence-electron chi connectivity index (χ2n) is 11.0. The number of Topliss-reactive ketones (excluding diaryl/α,β-unsaturated/α-hetero) is 1.